The van der Waals surface area contributed by atoms with Crippen LogP contribution in [0.5, 0.6) is 0 Å². The Hall–Kier alpha value is -3.25. The van der Waals surface area contributed by atoms with Gasteiger partial charge < -0.3 is 15.0 Å². The minimum absolute atomic E-state index is 0.0494. The van der Waals surface area contributed by atoms with E-state index in [-0.39, 0.29) is 54.0 Å². The molecule has 2 saturated heterocycles. The Morgan fingerprint density at radius 2 is 1.89 bits per heavy atom. The second kappa shape index (κ2) is 10.5. The molecule has 3 atom stereocenters. The number of ether oxygens (including phenoxy) is 1. The Bertz CT molecular complexity index is 1360. The Kier molecular flexibility index (Phi) is 7.67. The third-order valence-corrected chi connectivity index (χ3v) is 7.95. The van der Waals surface area contributed by atoms with Crippen LogP contribution in [0.15, 0.2) is 60.0 Å². The summed E-state index contributed by atoms with van der Waals surface area (Å²) in [4.78, 5) is 28.1. The van der Waals surface area contributed by atoms with Crippen molar-refractivity contribution in [2.45, 2.75) is 29.6 Å². The standard InChI is InChI=1S/C26H26F4N2O5S/c1-3-15-9-22(32(12-15)25(34)16-5-4-6-19(10-16)38(2,35)36)24(33)31-23(17-13-37-14-17)20-8-7-18(11-21(20)27)26(28,29)30/h3-8,10-11,15,17,22-23H,1,9,12-14H2,2H3,(H,31,33)/t15-,22-,23-/m1/s1. The van der Waals surface area contributed by atoms with Gasteiger partial charge in [0.05, 0.1) is 29.7 Å². The van der Waals surface area contributed by atoms with E-state index in [4.69, 9.17) is 4.74 Å². The minimum Gasteiger partial charge on any atom is -0.381 e. The van der Waals surface area contributed by atoms with Crippen LogP contribution in [-0.2, 0) is 25.5 Å². The van der Waals surface area contributed by atoms with Crippen LogP contribution in [0.1, 0.15) is 33.9 Å². The fourth-order valence-electron chi connectivity index (χ4n) is 4.64. The van der Waals surface area contributed by atoms with Gasteiger partial charge in [-0.15, -0.1) is 6.58 Å². The van der Waals surface area contributed by atoms with Gasteiger partial charge in [0.25, 0.3) is 5.91 Å². The third kappa shape index (κ3) is 5.75. The molecular formula is C26H26F4N2O5S. The van der Waals surface area contributed by atoms with E-state index in [1.807, 2.05) is 0 Å². The van der Waals surface area contributed by atoms with Crippen LogP contribution in [0.3, 0.4) is 0 Å². The van der Waals surface area contributed by atoms with E-state index in [2.05, 4.69) is 11.9 Å². The molecule has 12 heteroatoms. The Balaban J connectivity index is 1.61. The lowest BCUT2D eigenvalue weighted by Crippen LogP contribution is -2.50. The highest BCUT2D eigenvalue weighted by molar-refractivity contribution is 7.90. The van der Waals surface area contributed by atoms with Crippen molar-refractivity contribution in [2.24, 2.45) is 11.8 Å². The molecule has 1 N–H and O–H groups in total. The van der Waals surface area contributed by atoms with Crippen LogP contribution in [-0.4, -0.2) is 57.2 Å². The number of carbonyl (C=O) groups excluding carboxylic acids is 2. The summed E-state index contributed by atoms with van der Waals surface area (Å²) in [6, 6.07) is 5.64. The van der Waals surface area contributed by atoms with Crippen molar-refractivity contribution in [3.05, 3.63) is 77.6 Å². The molecule has 2 aliphatic rings. The summed E-state index contributed by atoms with van der Waals surface area (Å²) < 4.78 is 83.0. The number of amides is 2. The van der Waals surface area contributed by atoms with Crippen LogP contribution >= 0.6 is 0 Å². The van der Waals surface area contributed by atoms with Crippen LogP contribution in [0.2, 0.25) is 0 Å². The first-order valence-corrected chi connectivity index (χ1v) is 13.7. The van der Waals surface area contributed by atoms with Gasteiger partial charge in [-0.3, -0.25) is 9.59 Å². The average Bonchev–Trinajstić information content (AvgIpc) is 3.26. The fraction of sp³-hybridized carbons (Fsp3) is 0.385. The number of halogens is 4. The summed E-state index contributed by atoms with van der Waals surface area (Å²) in [6.45, 7) is 4.24. The second-order valence-electron chi connectivity index (χ2n) is 9.52. The van der Waals surface area contributed by atoms with Gasteiger partial charge in [0.2, 0.25) is 5.91 Å². The average molecular weight is 555 g/mol. The monoisotopic (exact) mass is 554 g/mol. The topological polar surface area (TPSA) is 92.8 Å². The number of rotatable bonds is 7. The number of sulfone groups is 1. The maximum atomic E-state index is 14.8. The van der Waals surface area contributed by atoms with E-state index in [1.54, 1.807) is 6.08 Å². The number of hydrogen-bond acceptors (Lipinski definition) is 5. The van der Waals surface area contributed by atoms with E-state index < -0.39 is 51.3 Å². The summed E-state index contributed by atoms with van der Waals surface area (Å²) in [5, 5.41) is 2.73. The number of carbonyl (C=O) groups is 2. The van der Waals surface area contributed by atoms with Crippen molar-refractivity contribution in [3.63, 3.8) is 0 Å². The molecule has 38 heavy (non-hydrogen) atoms. The van der Waals surface area contributed by atoms with Crippen molar-refractivity contribution in [1.29, 1.82) is 0 Å². The number of likely N-dealkylation sites (tertiary alicyclic amines) is 1. The maximum absolute atomic E-state index is 14.8. The van der Waals surface area contributed by atoms with E-state index in [1.165, 1.54) is 29.2 Å². The van der Waals surface area contributed by atoms with Gasteiger partial charge in [-0.2, -0.15) is 13.2 Å². The van der Waals surface area contributed by atoms with Crippen molar-refractivity contribution >= 4 is 21.7 Å². The lowest BCUT2D eigenvalue weighted by atomic mass is 9.90. The first-order chi connectivity index (χ1) is 17.8. The first kappa shape index (κ1) is 27.8. The highest BCUT2D eigenvalue weighted by Gasteiger charge is 2.42. The van der Waals surface area contributed by atoms with Gasteiger partial charge in [-0.05, 0) is 42.7 Å². The smallest absolute Gasteiger partial charge is 0.381 e. The number of nitrogens with one attached hydrogen (secondary N) is 1. The summed E-state index contributed by atoms with van der Waals surface area (Å²) >= 11 is 0. The number of hydrogen-bond donors (Lipinski definition) is 1. The Labute approximate surface area is 217 Å². The summed E-state index contributed by atoms with van der Waals surface area (Å²) in [7, 11) is -3.58. The lowest BCUT2D eigenvalue weighted by Gasteiger charge is -2.36. The van der Waals surface area contributed by atoms with Crippen molar-refractivity contribution in [1.82, 2.24) is 10.2 Å². The van der Waals surface area contributed by atoms with Crippen LogP contribution in [0.25, 0.3) is 0 Å². The Morgan fingerprint density at radius 1 is 1.18 bits per heavy atom. The summed E-state index contributed by atoms with van der Waals surface area (Å²) in [5.41, 5.74) is -1.18. The third-order valence-electron chi connectivity index (χ3n) is 6.84. The Morgan fingerprint density at radius 3 is 2.45 bits per heavy atom. The molecule has 0 aliphatic carbocycles. The zero-order chi connectivity index (χ0) is 27.8. The van der Waals surface area contributed by atoms with E-state index in [0.717, 1.165) is 18.4 Å². The molecule has 2 heterocycles. The summed E-state index contributed by atoms with van der Waals surface area (Å²) in [6.07, 6.45) is -1.89. The lowest BCUT2D eigenvalue weighted by molar-refractivity contribution is -0.138. The van der Waals surface area contributed by atoms with Gasteiger partial charge in [-0.1, -0.05) is 18.2 Å². The minimum atomic E-state index is -4.73. The predicted molar refractivity (Wildman–Crippen MR) is 129 cm³/mol. The predicted octanol–water partition coefficient (Wildman–Crippen LogP) is 3.77. The molecule has 2 aromatic carbocycles. The molecule has 0 saturated carbocycles. The maximum Gasteiger partial charge on any atom is 0.416 e. The highest BCUT2D eigenvalue weighted by atomic mass is 32.2. The molecule has 0 unspecified atom stereocenters. The molecule has 204 valence electrons. The summed E-state index contributed by atoms with van der Waals surface area (Å²) in [5.74, 6) is -2.90. The van der Waals surface area contributed by atoms with E-state index in [0.29, 0.717) is 6.07 Å². The zero-order valence-corrected chi connectivity index (χ0v) is 21.2. The van der Waals surface area contributed by atoms with Crippen molar-refractivity contribution in [2.75, 3.05) is 26.0 Å². The number of nitrogens with zero attached hydrogens (tertiary/aromatic N) is 1. The molecular weight excluding hydrogens is 528 g/mol. The van der Waals surface area contributed by atoms with Gasteiger partial charge >= 0.3 is 6.18 Å². The van der Waals surface area contributed by atoms with Crippen molar-refractivity contribution in [3.8, 4) is 0 Å². The van der Waals surface area contributed by atoms with Gasteiger partial charge in [-0.25, -0.2) is 12.8 Å². The molecule has 4 rings (SSSR count). The fourth-order valence-corrected chi connectivity index (χ4v) is 5.31. The van der Waals surface area contributed by atoms with Crippen LogP contribution in [0.4, 0.5) is 17.6 Å². The first-order valence-electron chi connectivity index (χ1n) is 11.8. The number of benzene rings is 2. The molecule has 0 bridgehead atoms. The molecule has 2 aromatic rings. The van der Waals surface area contributed by atoms with Crippen LogP contribution in [0, 0.1) is 17.7 Å². The molecule has 0 spiro atoms. The quantitative estimate of drug-likeness (QED) is 0.416. The largest absolute Gasteiger partial charge is 0.416 e. The molecule has 0 aromatic heterocycles. The highest BCUT2D eigenvalue weighted by Crippen LogP contribution is 2.35. The second-order valence-corrected chi connectivity index (χ2v) is 11.5. The molecule has 0 radical (unpaired) electrons. The molecule has 7 nitrogen and oxygen atoms in total. The SMILES string of the molecule is C=C[C@@H]1C[C@H](C(=O)N[C@@H](c2ccc(C(F)(F)F)cc2F)C2COC2)N(C(=O)c2cccc(S(C)(=O)=O)c2)C1. The van der Waals surface area contributed by atoms with E-state index in [9.17, 15) is 35.6 Å². The molecule has 2 amide bonds. The van der Waals surface area contributed by atoms with Crippen molar-refractivity contribution < 1.29 is 40.3 Å². The van der Waals surface area contributed by atoms with E-state index >= 15 is 0 Å². The normalized spacial score (nSPS) is 21.0. The zero-order valence-electron chi connectivity index (χ0n) is 20.4. The van der Waals surface area contributed by atoms with Gasteiger partial charge in [0, 0.05) is 29.8 Å². The molecule has 2 fully saturated rings. The van der Waals surface area contributed by atoms with Gasteiger partial charge in [0.15, 0.2) is 9.84 Å². The van der Waals surface area contributed by atoms with Crippen LogP contribution < -0.4 is 5.32 Å². The van der Waals surface area contributed by atoms with Gasteiger partial charge in [0.1, 0.15) is 11.9 Å². The molecule has 2 aliphatic heterocycles. The number of alkyl halides is 3.